The predicted octanol–water partition coefficient (Wildman–Crippen LogP) is 1.11. The van der Waals surface area contributed by atoms with Gasteiger partial charge in [-0.05, 0) is 37.4 Å². The van der Waals surface area contributed by atoms with Gasteiger partial charge in [-0.15, -0.1) is 0 Å². The van der Waals surface area contributed by atoms with E-state index < -0.39 is 0 Å². The quantitative estimate of drug-likeness (QED) is 0.905. The Morgan fingerprint density at radius 2 is 2.05 bits per heavy atom. The van der Waals surface area contributed by atoms with E-state index in [2.05, 4.69) is 9.88 Å². The number of amides is 1. The number of aromatic nitrogens is 1. The Morgan fingerprint density at radius 3 is 2.71 bits per heavy atom. The van der Waals surface area contributed by atoms with Crippen LogP contribution >= 0.6 is 0 Å². The van der Waals surface area contributed by atoms with Crippen LogP contribution < -0.4 is 10.6 Å². The average molecular weight is 288 g/mol. The number of nitrogens with zero attached hydrogens (tertiary/aromatic N) is 3. The van der Waals surface area contributed by atoms with Crippen molar-refractivity contribution >= 4 is 11.7 Å². The fraction of sp³-hybridized carbons (Fsp3) is 0.625. The van der Waals surface area contributed by atoms with Crippen molar-refractivity contribution in [2.45, 2.75) is 19.3 Å². The molecule has 114 valence electrons. The van der Waals surface area contributed by atoms with Crippen molar-refractivity contribution < 1.29 is 4.79 Å². The van der Waals surface area contributed by atoms with Crippen LogP contribution in [0.3, 0.4) is 0 Å². The first-order valence-corrected chi connectivity index (χ1v) is 7.94. The maximum absolute atomic E-state index is 12.6. The van der Waals surface area contributed by atoms with Crippen LogP contribution in [0.4, 0.5) is 5.82 Å². The van der Waals surface area contributed by atoms with Gasteiger partial charge in [-0.3, -0.25) is 4.79 Å². The molecule has 5 heteroatoms. The van der Waals surface area contributed by atoms with Crippen molar-refractivity contribution in [1.82, 2.24) is 9.88 Å². The average Bonchev–Trinajstić information content (AvgIpc) is 3.04. The summed E-state index contributed by atoms with van der Waals surface area (Å²) in [4.78, 5) is 21.3. The van der Waals surface area contributed by atoms with Gasteiger partial charge in [0, 0.05) is 38.3 Å². The fourth-order valence-corrected chi connectivity index (χ4v) is 3.58. The van der Waals surface area contributed by atoms with Gasteiger partial charge in [-0.1, -0.05) is 12.5 Å². The van der Waals surface area contributed by atoms with Gasteiger partial charge in [-0.25, -0.2) is 4.98 Å². The molecule has 1 aromatic heterocycles. The molecule has 1 saturated carbocycles. The summed E-state index contributed by atoms with van der Waals surface area (Å²) in [5.41, 5.74) is 5.80. The van der Waals surface area contributed by atoms with Crippen LogP contribution in [0.1, 0.15) is 19.3 Å². The van der Waals surface area contributed by atoms with Crippen molar-refractivity contribution in [3.05, 3.63) is 24.4 Å². The van der Waals surface area contributed by atoms with Crippen molar-refractivity contribution in [3.8, 4) is 0 Å². The molecule has 1 amide bonds. The van der Waals surface area contributed by atoms with Crippen LogP contribution in [0, 0.1) is 11.8 Å². The van der Waals surface area contributed by atoms with Crippen LogP contribution in [-0.2, 0) is 4.79 Å². The van der Waals surface area contributed by atoms with Crippen LogP contribution in [0.5, 0.6) is 0 Å². The number of carbonyl (C=O) groups is 1. The van der Waals surface area contributed by atoms with Gasteiger partial charge >= 0.3 is 0 Å². The van der Waals surface area contributed by atoms with Gasteiger partial charge in [0.15, 0.2) is 0 Å². The van der Waals surface area contributed by atoms with E-state index >= 15 is 0 Å². The zero-order valence-electron chi connectivity index (χ0n) is 12.4. The molecule has 0 spiro atoms. The molecule has 5 nitrogen and oxygen atoms in total. The largest absolute Gasteiger partial charge is 0.353 e. The van der Waals surface area contributed by atoms with Gasteiger partial charge in [0.05, 0.1) is 0 Å². The topological polar surface area (TPSA) is 62.5 Å². The first kappa shape index (κ1) is 14.3. The molecule has 1 aliphatic heterocycles. The van der Waals surface area contributed by atoms with Gasteiger partial charge < -0.3 is 15.5 Å². The first-order chi connectivity index (χ1) is 10.3. The van der Waals surface area contributed by atoms with E-state index in [0.717, 1.165) is 51.3 Å². The maximum atomic E-state index is 12.6. The van der Waals surface area contributed by atoms with Gasteiger partial charge in [0.2, 0.25) is 5.91 Å². The molecule has 0 unspecified atom stereocenters. The maximum Gasteiger partial charge on any atom is 0.226 e. The van der Waals surface area contributed by atoms with E-state index in [1.807, 2.05) is 29.3 Å². The van der Waals surface area contributed by atoms with Crippen LogP contribution in [0.15, 0.2) is 24.4 Å². The number of rotatable bonds is 3. The Morgan fingerprint density at radius 1 is 1.24 bits per heavy atom. The summed E-state index contributed by atoms with van der Waals surface area (Å²) in [5, 5.41) is 0. The lowest BCUT2D eigenvalue weighted by atomic mass is 9.94. The number of pyridine rings is 1. The summed E-state index contributed by atoms with van der Waals surface area (Å²) < 4.78 is 0. The van der Waals surface area contributed by atoms with E-state index in [4.69, 9.17) is 5.73 Å². The molecule has 0 radical (unpaired) electrons. The van der Waals surface area contributed by atoms with E-state index in [9.17, 15) is 4.79 Å². The summed E-state index contributed by atoms with van der Waals surface area (Å²) >= 11 is 0. The summed E-state index contributed by atoms with van der Waals surface area (Å²) in [6.45, 7) is 3.96. The number of carbonyl (C=O) groups excluding carboxylic acids is 1. The molecule has 2 atom stereocenters. The second-order valence-corrected chi connectivity index (χ2v) is 6.03. The Bertz CT molecular complexity index is 470. The number of nitrogens with two attached hydrogens (primary N) is 1. The van der Waals surface area contributed by atoms with E-state index in [1.165, 1.54) is 0 Å². The van der Waals surface area contributed by atoms with E-state index in [1.54, 1.807) is 0 Å². The Labute approximate surface area is 126 Å². The minimum atomic E-state index is 0.163. The molecule has 0 aromatic carbocycles. The normalized spacial score (nSPS) is 26.1. The van der Waals surface area contributed by atoms with Crippen molar-refractivity contribution in [1.29, 1.82) is 0 Å². The number of hydrogen-bond acceptors (Lipinski definition) is 4. The number of anilines is 1. The second kappa shape index (κ2) is 6.43. The lowest BCUT2D eigenvalue weighted by Gasteiger charge is -2.37. The molecular formula is C16H24N4O. The van der Waals surface area contributed by atoms with E-state index in [-0.39, 0.29) is 5.92 Å². The molecule has 2 aliphatic rings. The van der Waals surface area contributed by atoms with Crippen LogP contribution in [-0.4, -0.2) is 48.5 Å². The monoisotopic (exact) mass is 288 g/mol. The van der Waals surface area contributed by atoms with Crippen molar-refractivity contribution in [3.63, 3.8) is 0 Å². The molecular weight excluding hydrogens is 264 g/mol. The van der Waals surface area contributed by atoms with Gasteiger partial charge in [0.1, 0.15) is 5.82 Å². The smallest absolute Gasteiger partial charge is 0.226 e. The Kier molecular flexibility index (Phi) is 4.39. The highest BCUT2D eigenvalue weighted by atomic mass is 16.2. The highest BCUT2D eigenvalue weighted by Crippen LogP contribution is 2.32. The van der Waals surface area contributed by atoms with Crippen LogP contribution in [0.25, 0.3) is 0 Å². The lowest BCUT2D eigenvalue weighted by molar-refractivity contribution is -0.136. The zero-order chi connectivity index (χ0) is 14.7. The molecule has 0 bridgehead atoms. The summed E-state index contributed by atoms with van der Waals surface area (Å²) in [5.74, 6) is 1.89. The Hall–Kier alpha value is -1.62. The fourth-order valence-electron chi connectivity index (χ4n) is 3.58. The Balaban J connectivity index is 1.57. The molecule has 1 aliphatic carbocycles. The zero-order valence-corrected chi connectivity index (χ0v) is 12.4. The van der Waals surface area contributed by atoms with Gasteiger partial charge in [0.25, 0.3) is 0 Å². The standard InChI is InChI=1S/C16H24N4O/c17-12-13-4-3-5-14(13)16(21)20-10-8-19(9-11-20)15-6-1-2-7-18-15/h1-2,6-7,13-14H,3-5,8-12,17H2/t13-,14-/m1/s1. The van der Waals surface area contributed by atoms with Crippen molar-refractivity contribution in [2.24, 2.45) is 17.6 Å². The second-order valence-electron chi connectivity index (χ2n) is 6.03. The molecule has 1 aromatic rings. The highest BCUT2D eigenvalue weighted by Gasteiger charge is 2.35. The van der Waals surface area contributed by atoms with E-state index in [0.29, 0.717) is 18.4 Å². The third-order valence-electron chi connectivity index (χ3n) is 4.84. The molecule has 2 heterocycles. The third-order valence-corrected chi connectivity index (χ3v) is 4.84. The predicted molar refractivity (Wildman–Crippen MR) is 82.9 cm³/mol. The molecule has 21 heavy (non-hydrogen) atoms. The lowest BCUT2D eigenvalue weighted by Crippen LogP contribution is -2.51. The summed E-state index contributed by atoms with van der Waals surface area (Å²) in [7, 11) is 0. The number of piperazine rings is 1. The van der Waals surface area contributed by atoms with Crippen molar-refractivity contribution in [2.75, 3.05) is 37.6 Å². The molecule has 3 rings (SSSR count). The minimum Gasteiger partial charge on any atom is -0.353 e. The van der Waals surface area contributed by atoms with Crippen LogP contribution in [0.2, 0.25) is 0 Å². The number of hydrogen-bond donors (Lipinski definition) is 1. The SMILES string of the molecule is NC[C@H]1CCC[C@H]1C(=O)N1CCN(c2ccccn2)CC1. The molecule has 1 saturated heterocycles. The summed E-state index contributed by atoms with van der Waals surface area (Å²) in [6, 6.07) is 5.96. The van der Waals surface area contributed by atoms with Gasteiger partial charge in [-0.2, -0.15) is 0 Å². The highest BCUT2D eigenvalue weighted by molar-refractivity contribution is 5.79. The molecule has 2 N–H and O–H groups in total. The first-order valence-electron chi connectivity index (χ1n) is 7.94. The summed E-state index contributed by atoms with van der Waals surface area (Å²) in [6.07, 6.45) is 5.09. The minimum absolute atomic E-state index is 0.163. The molecule has 2 fully saturated rings. The third kappa shape index (κ3) is 3.02.